The summed E-state index contributed by atoms with van der Waals surface area (Å²) in [5.74, 6) is 1.84. The molecule has 4 aromatic carbocycles. The summed E-state index contributed by atoms with van der Waals surface area (Å²) in [6.45, 7) is 0. The Balaban J connectivity index is 1.56. The molecule has 0 atom stereocenters. The van der Waals surface area contributed by atoms with E-state index in [4.69, 9.17) is 9.15 Å². The van der Waals surface area contributed by atoms with E-state index in [1.165, 1.54) is 0 Å². The molecule has 0 saturated heterocycles. The van der Waals surface area contributed by atoms with E-state index in [1.807, 2.05) is 60.7 Å². The molecule has 0 fully saturated rings. The van der Waals surface area contributed by atoms with Gasteiger partial charge >= 0.3 is 11.8 Å². The van der Waals surface area contributed by atoms with Gasteiger partial charge in [0.2, 0.25) is 0 Å². The second-order valence-corrected chi connectivity index (χ2v) is 8.84. The number of hydrogen-bond donors (Lipinski definition) is 1. The van der Waals surface area contributed by atoms with Crippen molar-refractivity contribution in [3.05, 3.63) is 101 Å². The Morgan fingerprint density at radius 3 is 2.65 bits per heavy atom. The third-order valence-electron chi connectivity index (χ3n) is 5.96. The van der Waals surface area contributed by atoms with E-state index in [1.54, 1.807) is 18.0 Å². The lowest BCUT2D eigenvalue weighted by Gasteiger charge is -2.20. The first-order chi connectivity index (χ1) is 15.3. The monoisotopic (exact) mass is 419 g/mol. The van der Waals surface area contributed by atoms with Crippen LogP contribution in [-0.2, 0) is 0 Å². The highest BCUT2D eigenvalue weighted by Gasteiger charge is 2.25. The molecule has 4 heteroatoms. The number of aliphatic hydroxyl groups excluding tert-OH is 1. The Labute approximate surface area is 181 Å². The van der Waals surface area contributed by atoms with Crippen LogP contribution >= 0.6 is 11.8 Å². The maximum absolute atomic E-state index is 11.4. The third kappa shape index (κ3) is 2.39. The van der Waals surface area contributed by atoms with Crippen LogP contribution in [0.4, 0.5) is 0 Å². The van der Waals surface area contributed by atoms with Gasteiger partial charge in [-0.1, -0.05) is 48.2 Å². The lowest BCUT2D eigenvalue weighted by molar-refractivity contribution is 0.469. The van der Waals surface area contributed by atoms with Gasteiger partial charge in [0, 0.05) is 36.7 Å². The van der Waals surface area contributed by atoms with Crippen LogP contribution in [0.15, 0.2) is 93.3 Å². The van der Waals surface area contributed by atoms with Crippen molar-refractivity contribution in [1.82, 2.24) is 0 Å². The van der Waals surface area contributed by atoms with Gasteiger partial charge in [0.15, 0.2) is 0 Å². The maximum atomic E-state index is 11.4. The van der Waals surface area contributed by atoms with E-state index in [0.29, 0.717) is 0 Å². The molecule has 7 rings (SSSR count). The summed E-state index contributed by atoms with van der Waals surface area (Å²) in [6, 6.07) is 24.2. The summed E-state index contributed by atoms with van der Waals surface area (Å²) in [5, 5.41) is 16.3. The fourth-order valence-electron chi connectivity index (χ4n) is 4.47. The summed E-state index contributed by atoms with van der Waals surface area (Å²) in [6.07, 6.45) is 3.86. The number of aliphatic hydroxyl groups is 1. The van der Waals surface area contributed by atoms with Crippen molar-refractivity contribution in [3.63, 3.8) is 0 Å². The molecule has 2 aliphatic heterocycles. The first kappa shape index (κ1) is 17.0. The molecule has 0 bridgehead atoms. The average Bonchev–Trinajstić information content (AvgIpc) is 2.81. The quantitative estimate of drug-likeness (QED) is 0.243. The van der Waals surface area contributed by atoms with Crippen molar-refractivity contribution in [2.45, 2.75) is 9.79 Å². The molecule has 0 spiro atoms. The van der Waals surface area contributed by atoms with E-state index in [9.17, 15) is 5.11 Å². The van der Waals surface area contributed by atoms with E-state index in [0.717, 1.165) is 64.6 Å². The van der Waals surface area contributed by atoms with E-state index < -0.39 is 0 Å². The Kier molecular flexibility index (Phi) is 3.35. The molecule has 0 amide bonds. The van der Waals surface area contributed by atoms with Crippen molar-refractivity contribution < 1.29 is 14.3 Å². The Morgan fingerprint density at radius 1 is 0.806 bits per heavy atom. The second kappa shape index (κ2) is 6.13. The van der Waals surface area contributed by atoms with Gasteiger partial charge in [-0.2, -0.15) is 0 Å². The number of para-hydroxylation sites is 1. The SMILES string of the molecule is OC1=c2c(ccc3c2=Cc2ccccc2O3)Sc2cc3c(cc21)[o+]cc1ccccc13. The van der Waals surface area contributed by atoms with Crippen molar-refractivity contribution in [2.75, 3.05) is 0 Å². The molecule has 1 N–H and O–H groups in total. The minimum atomic E-state index is 0.255. The van der Waals surface area contributed by atoms with Gasteiger partial charge in [-0.3, -0.25) is 0 Å². The normalized spacial score (nSPS) is 13.6. The van der Waals surface area contributed by atoms with Crippen LogP contribution in [0.25, 0.3) is 33.6 Å². The highest BCUT2D eigenvalue weighted by atomic mass is 32.2. The summed E-state index contributed by atoms with van der Waals surface area (Å²) in [7, 11) is 0. The average molecular weight is 419 g/mol. The molecular formula is C27H15O3S+. The van der Waals surface area contributed by atoms with Crippen LogP contribution in [0.1, 0.15) is 11.1 Å². The summed E-state index contributed by atoms with van der Waals surface area (Å²) in [4.78, 5) is 2.03. The van der Waals surface area contributed by atoms with Crippen LogP contribution in [0.3, 0.4) is 0 Å². The fourth-order valence-corrected chi connectivity index (χ4v) is 5.60. The zero-order valence-corrected chi connectivity index (χ0v) is 17.1. The van der Waals surface area contributed by atoms with E-state index >= 15 is 0 Å². The van der Waals surface area contributed by atoms with Gasteiger partial charge in [0.1, 0.15) is 17.3 Å². The molecule has 1 aromatic heterocycles. The topological polar surface area (TPSA) is 40.8 Å². The molecule has 146 valence electrons. The second-order valence-electron chi connectivity index (χ2n) is 7.75. The van der Waals surface area contributed by atoms with Crippen LogP contribution in [0.2, 0.25) is 0 Å². The molecule has 0 radical (unpaired) electrons. The van der Waals surface area contributed by atoms with Gasteiger partial charge in [0.25, 0.3) is 0 Å². The van der Waals surface area contributed by atoms with Crippen molar-refractivity contribution in [2.24, 2.45) is 0 Å². The molecule has 0 saturated carbocycles. The number of fused-ring (bicyclic) bond motifs is 8. The van der Waals surface area contributed by atoms with Crippen LogP contribution in [0, 0.1) is 0 Å². The molecule has 0 aliphatic carbocycles. The van der Waals surface area contributed by atoms with Gasteiger partial charge < -0.3 is 9.84 Å². The largest absolute Gasteiger partial charge is 0.507 e. The minimum Gasteiger partial charge on any atom is -0.507 e. The van der Waals surface area contributed by atoms with Gasteiger partial charge in [-0.05, 0) is 36.4 Å². The van der Waals surface area contributed by atoms with Gasteiger partial charge in [-0.25, -0.2) is 4.42 Å². The fraction of sp³-hybridized carbons (Fsp3) is 0. The van der Waals surface area contributed by atoms with Crippen LogP contribution in [0.5, 0.6) is 11.5 Å². The Bertz CT molecular complexity index is 1700. The number of ether oxygens (including phenoxy) is 1. The predicted molar refractivity (Wildman–Crippen MR) is 123 cm³/mol. The summed E-state index contributed by atoms with van der Waals surface area (Å²) in [5.41, 5.74) is 2.54. The zero-order valence-electron chi connectivity index (χ0n) is 16.3. The van der Waals surface area contributed by atoms with Gasteiger partial charge in [0.05, 0.1) is 16.8 Å². The molecule has 5 aromatic rings. The van der Waals surface area contributed by atoms with Crippen molar-refractivity contribution >= 4 is 45.3 Å². The molecule has 0 unspecified atom stereocenters. The Hall–Kier alpha value is -3.76. The summed E-state index contributed by atoms with van der Waals surface area (Å²) >= 11 is 1.67. The summed E-state index contributed by atoms with van der Waals surface area (Å²) < 4.78 is 12.0. The van der Waals surface area contributed by atoms with E-state index in [-0.39, 0.29) is 5.76 Å². The molecule has 2 aliphatic rings. The number of benzene rings is 4. The van der Waals surface area contributed by atoms with Crippen LogP contribution in [-0.4, -0.2) is 5.11 Å². The molecular weight excluding hydrogens is 404 g/mol. The highest BCUT2D eigenvalue weighted by molar-refractivity contribution is 7.99. The third-order valence-corrected chi connectivity index (χ3v) is 7.08. The standard InChI is InChI=1S/C27H14O3S/c28-27-20-12-23-18(17-7-3-1-6-16(17)14-29-23)13-25(20)31-24-10-9-22-19(26(24)27)11-15-5-2-4-8-21(15)30-22/h1-14H/p+1. The lowest BCUT2D eigenvalue weighted by Crippen LogP contribution is -2.33. The van der Waals surface area contributed by atoms with Crippen molar-refractivity contribution in [1.29, 1.82) is 0 Å². The molecule has 31 heavy (non-hydrogen) atoms. The first-order valence-corrected chi connectivity index (χ1v) is 10.9. The zero-order chi connectivity index (χ0) is 20.5. The number of rotatable bonds is 0. The smallest absolute Gasteiger partial charge is 0.361 e. The Morgan fingerprint density at radius 2 is 1.68 bits per heavy atom. The molecule has 3 nitrogen and oxygen atoms in total. The minimum absolute atomic E-state index is 0.255. The van der Waals surface area contributed by atoms with E-state index in [2.05, 4.69) is 18.2 Å². The highest BCUT2D eigenvalue weighted by Crippen LogP contribution is 2.40. The maximum Gasteiger partial charge on any atom is 0.361 e. The van der Waals surface area contributed by atoms with Crippen molar-refractivity contribution in [3.8, 4) is 11.5 Å². The molecule has 3 heterocycles. The first-order valence-electron chi connectivity index (χ1n) is 10.1. The van der Waals surface area contributed by atoms with Crippen LogP contribution < -0.4 is 15.2 Å². The lowest BCUT2D eigenvalue weighted by atomic mass is 10.0. The number of hydrogen-bond acceptors (Lipinski definition) is 3. The predicted octanol–water partition coefficient (Wildman–Crippen LogP) is 5.98. The van der Waals surface area contributed by atoms with Gasteiger partial charge in [-0.15, -0.1) is 0 Å².